The number of fused-ring (bicyclic) bond motifs is 1. The fraction of sp³-hybridized carbons (Fsp3) is 0.308. The molecule has 8 nitrogen and oxygen atoms in total. The first-order chi connectivity index (χ1) is 16.6. The molecule has 0 unspecified atom stereocenters. The van der Waals surface area contributed by atoms with Crippen molar-refractivity contribution in [2.45, 2.75) is 38.8 Å². The number of anilines is 1. The molecule has 2 aromatic heterocycles. The highest BCUT2D eigenvalue weighted by Gasteiger charge is 2.31. The van der Waals surface area contributed by atoms with Crippen LogP contribution in [0.15, 0.2) is 41.9 Å². The number of thiazole rings is 1. The molecule has 1 atom stereocenters. The van der Waals surface area contributed by atoms with Crippen molar-refractivity contribution in [2.75, 3.05) is 18.6 Å². The predicted molar refractivity (Wildman–Crippen MR) is 134 cm³/mol. The van der Waals surface area contributed by atoms with Gasteiger partial charge in [-0.25, -0.2) is 4.98 Å². The number of hydrogen-bond donors (Lipinski definition) is 2. The molecule has 4 rings (SSSR count). The second-order valence-corrected chi connectivity index (χ2v) is 9.87. The summed E-state index contributed by atoms with van der Waals surface area (Å²) in [6.07, 6.45) is 2.17. The highest BCUT2D eigenvalue weighted by molar-refractivity contribution is 7.09. The van der Waals surface area contributed by atoms with Crippen molar-refractivity contribution in [2.24, 2.45) is 0 Å². The standard InChI is InChI=1S/C26H26N4O4S/c1-16-28-19(15-35-16)11-18-8-10-27-20(12-18)24(31)29-21-14-34-23-6-5-17(7-9-26(2,3)33)13-22(23)30(4)25(21)32/h5-6,8,10,12-13,15,21,33H,11,14H2,1-4H3,(H,29,31)/t21-/m0/s1. The number of amides is 2. The van der Waals surface area contributed by atoms with Gasteiger partial charge in [-0.2, -0.15) is 0 Å². The Kier molecular flexibility index (Phi) is 6.87. The van der Waals surface area contributed by atoms with Gasteiger partial charge in [-0.05, 0) is 56.7 Å². The molecule has 0 radical (unpaired) electrons. The Bertz CT molecular complexity index is 1330. The van der Waals surface area contributed by atoms with Crippen LogP contribution in [0.4, 0.5) is 5.69 Å². The summed E-state index contributed by atoms with van der Waals surface area (Å²) in [4.78, 5) is 36.2. The van der Waals surface area contributed by atoms with Crippen molar-refractivity contribution in [1.29, 1.82) is 0 Å². The average Bonchev–Trinajstić information content (AvgIpc) is 3.18. The number of pyridine rings is 1. The average molecular weight is 491 g/mol. The fourth-order valence-electron chi connectivity index (χ4n) is 3.54. The minimum Gasteiger partial charge on any atom is -0.489 e. The van der Waals surface area contributed by atoms with Crippen LogP contribution in [-0.2, 0) is 11.2 Å². The third-order valence-corrected chi connectivity index (χ3v) is 6.10. The molecule has 0 saturated carbocycles. The molecule has 2 amide bonds. The molecule has 1 aromatic carbocycles. The lowest BCUT2D eigenvalue weighted by Gasteiger charge is -2.20. The lowest BCUT2D eigenvalue weighted by molar-refractivity contribution is -0.120. The van der Waals surface area contributed by atoms with Crippen molar-refractivity contribution in [3.8, 4) is 17.6 Å². The summed E-state index contributed by atoms with van der Waals surface area (Å²) in [6, 6.07) is 7.86. The summed E-state index contributed by atoms with van der Waals surface area (Å²) in [7, 11) is 1.62. The van der Waals surface area contributed by atoms with Crippen molar-refractivity contribution in [1.82, 2.24) is 15.3 Å². The number of hydrogen-bond acceptors (Lipinski definition) is 7. The minimum atomic E-state index is -1.13. The monoisotopic (exact) mass is 490 g/mol. The summed E-state index contributed by atoms with van der Waals surface area (Å²) in [5, 5.41) is 15.6. The van der Waals surface area contributed by atoms with Gasteiger partial charge in [0.2, 0.25) is 0 Å². The van der Waals surface area contributed by atoms with Crippen molar-refractivity contribution in [3.05, 3.63) is 69.4 Å². The number of nitrogens with zero attached hydrogens (tertiary/aromatic N) is 3. The quantitative estimate of drug-likeness (QED) is 0.545. The second-order valence-electron chi connectivity index (χ2n) is 8.81. The van der Waals surface area contributed by atoms with Crippen molar-refractivity contribution < 1.29 is 19.4 Å². The molecule has 0 bridgehead atoms. The van der Waals surface area contributed by atoms with Gasteiger partial charge in [-0.1, -0.05) is 11.8 Å². The maximum atomic E-state index is 13.1. The molecule has 0 fully saturated rings. The van der Waals surface area contributed by atoms with E-state index in [2.05, 4.69) is 27.1 Å². The lowest BCUT2D eigenvalue weighted by Crippen LogP contribution is -2.49. The van der Waals surface area contributed by atoms with Crippen molar-refractivity contribution >= 4 is 28.8 Å². The van der Waals surface area contributed by atoms with Crippen LogP contribution < -0.4 is 15.0 Å². The first-order valence-electron chi connectivity index (χ1n) is 11.1. The van der Waals surface area contributed by atoms with Gasteiger partial charge >= 0.3 is 0 Å². The number of nitrogens with one attached hydrogen (secondary N) is 1. The number of carbonyl (C=O) groups is 2. The zero-order valence-electron chi connectivity index (χ0n) is 20.0. The second kappa shape index (κ2) is 9.86. The van der Waals surface area contributed by atoms with Crippen molar-refractivity contribution in [3.63, 3.8) is 0 Å². The van der Waals surface area contributed by atoms with Crippen LogP contribution in [-0.4, -0.2) is 52.2 Å². The van der Waals surface area contributed by atoms with Crippen LogP contribution in [0.5, 0.6) is 5.75 Å². The molecule has 35 heavy (non-hydrogen) atoms. The number of carbonyl (C=O) groups excluding carboxylic acids is 2. The number of benzene rings is 1. The Labute approximate surface area is 208 Å². The highest BCUT2D eigenvalue weighted by atomic mass is 32.1. The maximum Gasteiger partial charge on any atom is 0.270 e. The van der Waals surface area contributed by atoms with E-state index in [4.69, 9.17) is 4.74 Å². The number of likely N-dealkylation sites (N-methyl/N-ethyl adjacent to an activating group) is 1. The molecule has 3 aromatic rings. The Balaban J connectivity index is 1.48. The summed E-state index contributed by atoms with van der Waals surface area (Å²) in [5.74, 6) is 5.38. The molecular weight excluding hydrogens is 464 g/mol. The summed E-state index contributed by atoms with van der Waals surface area (Å²) < 4.78 is 5.84. The van der Waals surface area contributed by atoms with Gasteiger partial charge in [0, 0.05) is 30.6 Å². The fourth-order valence-corrected chi connectivity index (χ4v) is 4.16. The molecule has 1 aliphatic heterocycles. The first-order valence-corrected chi connectivity index (χ1v) is 11.9. The van der Waals surface area contributed by atoms with Crippen LogP contribution in [0.2, 0.25) is 0 Å². The SMILES string of the molecule is Cc1nc(Cc2ccnc(C(=O)N[C@H]3COc4ccc(C#CC(C)(C)O)cc4N(C)C3=O)c2)cs1. The first kappa shape index (κ1) is 24.4. The smallest absolute Gasteiger partial charge is 0.270 e. The molecule has 0 saturated heterocycles. The number of aryl methyl sites for hydroxylation is 1. The highest BCUT2D eigenvalue weighted by Crippen LogP contribution is 2.31. The van der Waals surface area contributed by atoms with Gasteiger partial charge in [0.15, 0.2) is 0 Å². The van der Waals surface area contributed by atoms with E-state index >= 15 is 0 Å². The number of aliphatic hydroxyl groups is 1. The molecule has 9 heteroatoms. The lowest BCUT2D eigenvalue weighted by atomic mass is 10.1. The van der Waals surface area contributed by atoms with E-state index in [-0.39, 0.29) is 18.2 Å². The van der Waals surface area contributed by atoms with Gasteiger partial charge < -0.3 is 20.1 Å². The van der Waals surface area contributed by atoms with Crippen LogP contribution in [0, 0.1) is 18.8 Å². The van der Waals surface area contributed by atoms with Gasteiger partial charge in [-0.3, -0.25) is 14.6 Å². The summed E-state index contributed by atoms with van der Waals surface area (Å²) in [5.41, 5.74) is 2.09. The topological polar surface area (TPSA) is 105 Å². The molecule has 3 heterocycles. The van der Waals surface area contributed by atoms with E-state index in [1.54, 1.807) is 62.7 Å². The summed E-state index contributed by atoms with van der Waals surface area (Å²) in [6.45, 7) is 5.12. The molecular formula is C26H26N4O4S. The Morgan fingerprint density at radius 2 is 2.14 bits per heavy atom. The minimum absolute atomic E-state index is 0.0194. The van der Waals surface area contributed by atoms with E-state index in [9.17, 15) is 14.7 Å². The van der Waals surface area contributed by atoms with Gasteiger partial charge in [0.25, 0.3) is 11.8 Å². The van der Waals surface area contributed by atoms with Crippen LogP contribution >= 0.6 is 11.3 Å². The molecule has 0 spiro atoms. The molecule has 180 valence electrons. The Hall–Kier alpha value is -3.74. The van der Waals surface area contributed by atoms with E-state index in [0.29, 0.717) is 23.4 Å². The molecule has 0 aliphatic carbocycles. The van der Waals surface area contributed by atoms with Crippen LogP contribution in [0.3, 0.4) is 0 Å². The van der Waals surface area contributed by atoms with Gasteiger partial charge in [-0.15, -0.1) is 11.3 Å². The number of aromatic nitrogens is 2. The van der Waals surface area contributed by atoms with E-state index in [1.807, 2.05) is 18.4 Å². The van der Waals surface area contributed by atoms with E-state index in [0.717, 1.165) is 16.3 Å². The predicted octanol–water partition coefficient (Wildman–Crippen LogP) is 2.71. The Morgan fingerprint density at radius 1 is 1.34 bits per heavy atom. The molecule has 1 aliphatic rings. The number of ether oxygens (including phenoxy) is 1. The van der Waals surface area contributed by atoms with E-state index in [1.165, 1.54) is 4.90 Å². The zero-order valence-corrected chi connectivity index (χ0v) is 20.8. The maximum absolute atomic E-state index is 13.1. The molecule has 2 N–H and O–H groups in total. The zero-order chi connectivity index (χ0) is 25.2. The number of rotatable bonds is 4. The van der Waals surface area contributed by atoms with Crippen LogP contribution in [0.25, 0.3) is 0 Å². The van der Waals surface area contributed by atoms with Gasteiger partial charge in [0.05, 0.1) is 16.4 Å². The van der Waals surface area contributed by atoms with Crippen LogP contribution in [0.1, 0.15) is 46.2 Å². The third kappa shape index (κ3) is 6.04. The Morgan fingerprint density at radius 3 is 2.86 bits per heavy atom. The van der Waals surface area contributed by atoms with Gasteiger partial charge in [0.1, 0.15) is 29.7 Å². The van der Waals surface area contributed by atoms with E-state index < -0.39 is 17.6 Å². The summed E-state index contributed by atoms with van der Waals surface area (Å²) >= 11 is 1.58. The largest absolute Gasteiger partial charge is 0.489 e. The normalized spacial score (nSPS) is 15.4. The third-order valence-electron chi connectivity index (χ3n) is 5.28.